The number of hydrogen-bond donors (Lipinski definition) is 0. The van der Waals surface area contributed by atoms with Crippen LogP contribution in [-0.4, -0.2) is 12.6 Å². The first-order chi connectivity index (χ1) is 12.8. The topological polar surface area (TPSA) is 52.6 Å². The zero-order valence-electron chi connectivity index (χ0n) is 14.1. The molecule has 3 rings (SSSR count). The van der Waals surface area contributed by atoms with Crippen molar-refractivity contribution < 1.29 is 19.1 Å². The molecule has 0 bridgehead atoms. The van der Waals surface area contributed by atoms with E-state index in [-0.39, 0.29) is 0 Å². The average Bonchev–Trinajstić information content (AvgIpc) is 2.71. The highest BCUT2D eigenvalue weighted by molar-refractivity contribution is 5.75. The lowest BCUT2D eigenvalue weighted by Gasteiger charge is -2.10. The van der Waals surface area contributed by atoms with Crippen molar-refractivity contribution in [2.24, 2.45) is 0 Å². The second kappa shape index (κ2) is 8.62. The number of ether oxygens (including phenoxy) is 2. The molecule has 0 heterocycles. The van der Waals surface area contributed by atoms with Crippen molar-refractivity contribution >= 4 is 12.6 Å². The maximum atomic E-state index is 10.8. The van der Waals surface area contributed by atoms with E-state index in [1.54, 1.807) is 30.3 Å². The van der Waals surface area contributed by atoms with Gasteiger partial charge in [-0.3, -0.25) is 9.59 Å². The average molecular weight is 346 g/mol. The monoisotopic (exact) mass is 346 g/mol. The Hall–Kier alpha value is -3.40. The highest BCUT2D eigenvalue weighted by Gasteiger charge is 2.02. The number of carbonyl (C=O) groups excluding carboxylic acids is 2. The van der Waals surface area contributed by atoms with Gasteiger partial charge >= 0.3 is 0 Å². The third kappa shape index (κ3) is 4.80. The molecule has 0 aliphatic heterocycles. The first-order valence-corrected chi connectivity index (χ1v) is 8.21. The van der Waals surface area contributed by atoms with Crippen LogP contribution < -0.4 is 9.47 Å². The molecule has 0 N–H and O–H groups in total. The van der Waals surface area contributed by atoms with Gasteiger partial charge in [-0.2, -0.15) is 0 Å². The molecule has 3 aromatic carbocycles. The predicted molar refractivity (Wildman–Crippen MR) is 98.8 cm³/mol. The fraction of sp³-hybridized carbons (Fsp3) is 0.0909. The predicted octanol–water partition coefficient (Wildman–Crippen LogP) is 4.47. The van der Waals surface area contributed by atoms with Gasteiger partial charge in [-0.05, 0) is 41.5 Å². The van der Waals surface area contributed by atoms with Crippen molar-refractivity contribution in [3.05, 3.63) is 95.1 Å². The zero-order chi connectivity index (χ0) is 18.2. The van der Waals surface area contributed by atoms with Gasteiger partial charge in [0.15, 0.2) is 0 Å². The normalized spacial score (nSPS) is 10.2. The summed E-state index contributed by atoms with van der Waals surface area (Å²) in [6, 6.07) is 22.0. The number of hydrogen-bond acceptors (Lipinski definition) is 4. The largest absolute Gasteiger partial charge is 0.489 e. The summed E-state index contributed by atoms with van der Waals surface area (Å²) in [5.41, 5.74) is 3.10. The number of rotatable bonds is 8. The van der Waals surface area contributed by atoms with Gasteiger partial charge < -0.3 is 9.47 Å². The first kappa shape index (κ1) is 17.4. The molecule has 130 valence electrons. The molecule has 4 nitrogen and oxygen atoms in total. The van der Waals surface area contributed by atoms with Gasteiger partial charge in [0.25, 0.3) is 0 Å². The van der Waals surface area contributed by atoms with E-state index in [9.17, 15) is 9.59 Å². The van der Waals surface area contributed by atoms with Crippen LogP contribution in [0.25, 0.3) is 0 Å². The minimum Gasteiger partial charge on any atom is -0.489 e. The molecule has 0 spiro atoms. The summed E-state index contributed by atoms with van der Waals surface area (Å²) in [5, 5.41) is 0. The molecule has 0 saturated carbocycles. The molecule has 0 saturated heterocycles. The number of aldehydes is 2. The summed E-state index contributed by atoms with van der Waals surface area (Å²) >= 11 is 0. The Morgan fingerprint density at radius 2 is 1.12 bits per heavy atom. The molecular weight excluding hydrogens is 328 g/mol. The van der Waals surface area contributed by atoms with Gasteiger partial charge in [0, 0.05) is 11.1 Å². The van der Waals surface area contributed by atoms with E-state index in [0.717, 1.165) is 29.4 Å². The van der Waals surface area contributed by atoms with Crippen LogP contribution in [-0.2, 0) is 13.2 Å². The van der Waals surface area contributed by atoms with Crippen molar-refractivity contribution in [1.29, 1.82) is 0 Å². The van der Waals surface area contributed by atoms with Crippen molar-refractivity contribution in [2.75, 3.05) is 0 Å². The van der Waals surface area contributed by atoms with Crippen molar-refractivity contribution in [3.63, 3.8) is 0 Å². The number of carbonyl (C=O) groups is 2. The van der Waals surface area contributed by atoms with E-state index in [0.29, 0.717) is 30.1 Å². The molecule has 0 radical (unpaired) electrons. The van der Waals surface area contributed by atoms with Crippen molar-refractivity contribution in [2.45, 2.75) is 13.2 Å². The summed E-state index contributed by atoms with van der Waals surface area (Å²) < 4.78 is 11.5. The summed E-state index contributed by atoms with van der Waals surface area (Å²) in [6.07, 6.45) is 1.61. The van der Waals surface area contributed by atoms with E-state index < -0.39 is 0 Å². The summed E-state index contributed by atoms with van der Waals surface area (Å²) in [6.45, 7) is 0.757. The van der Waals surface area contributed by atoms with Crippen molar-refractivity contribution in [3.8, 4) is 11.5 Å². The van der Waals surface area contributed by atoms with E-state index in [1.807, 2.05) is 42.5 Å². The molecule has 0 aliphatic carbocycles. The van der Waals surface area contributed by atoms with E-state index in [4.69, 9.17) is 9.47 Å². The molecule has 0 aromatic heterocycles. The van der Waals surface area contributed by atoms with E-state index in [1.165, 1.54) is 0 Å². The maximum Gasteiger partial charge on any atom is 0.150 e. The molecule has 26 heavy (non-hydrogen) atoms. The van der Waals surface area contributed by atoms with Crippen LogP contribution in [0, 0.1) is 0 Å². The van der Waals surface area contributed by atoms with Crippen molar-refractivity contribution in [1.82, 2.24) is 0 Å². The van der Waals surface area contributed by atoms with Crippen LogP contribution in [0.15, 0.2) is 72.8 Å². The van der Waals surface area contributed by atoms with Crippen LogP contribution in [0.5, 0.6) is 11.5 Å². The van der Waals surface area contributed by atoms with Crippen LogP contribution in [0.1, 0.15) is 31.8 Å². The SMILES string of the molecule is O=Cc1cccc(COc2cccc(COc3cccc(C=O)c3)c2)c1. The Labute approximate surface area is 152 Å². The molecule has 0 aliphatic rings. The van der Waals surface area contributed by atoms with Crippen LogP contribution in [0.3, 0.4) is 0 Å². The first-order valence-electron chi connectivity index (χ1n) is 8.21. The minimum atomic E-state index is 0.375. The van der Waals surface area contributed by atoms with Gasteiger partial charge in [-0.15, -0.1) is 0 Å². The molecule has 0 amide bonds. The molecule has 0 atom stereocenters. The minimum absolute atomic E-state index is 0.375. The lowest BCUT2D eigenvalue weighted by Crippen LogP contribution is -1.99. The third-order valence-electron chi connectivity index (χ3n) is 3.79. The third-order valence-corrected chi connectivity index (χ3v) is 3.79. The highest BCUT2D eigenvalue weighted by Crippen LogP contribution is 2.18. The highest BCUT2D eigenvalue weighted by atomic mass is 16.5. The Morgan fingerprint density at radius 3 is 1.77 bits per heavy atom. The maximum absolute atomic E-state index is 10.8. The van der Waals surface area contributed by atoms with Gasteiger partial charge in [-0.25, -0.2) is 0 Å². The Kier molecular flexibility index (Phi) is 5.78. The molecular formula is C22H18O4. The Balaban J connectivity index is 1.60. The van der Waals surface area contributed by atoms with Crippen LogP contribution in [0.4, 0.5) is 0 Å². The number of benzene rings is 3. The molecule has 0 fully saturated rings. The molecule has 3 aromatic rings. The molecule has 0 unspecified atom stereocenters. The standard InChI is InChI=1S/C22H18O4/c23-13-17-4-1-6-19(10-17)15-25-22-9-3-7-20(12-22)16-26-21-8-2-5-18(11-21)14-24/h1-14H,15-16H2. The Morgan fingerprint density at radius 1 is 0.615 bits per heavy atom. The lowest BCUT2D eigenvalue weighted by molar-refractivity contribution is 0.111. The van der Waals surface area contributed by atoms with E-state index >= 15 is 0 Å². The van der Waals surface area contributed by atoms with Gasteiger partial charge in [0.05, 0.1) is 0 Å². The second-order valence-electron chi connectivity index (χ2n) is 5.78. The second-order valence-corrected chi connectivity index (χ2v) is 5.78. The van der Waals surface area contributed by atoms with Crippen LogP contribution >= 0.6 is 0 Å². The Bertz CT molecular complexity index is 831. The van der Waals surface area contributed by atoms with Crippen LogP contribution in [0.2, 0.25) is 0 Å². The quantitative estimate of drug-likeness (QED) is 0.565. The molecule has 4 heteroatoms. The summed E-state index contributed by atoms with van der Waals surface area (Å²) in [7, 11) is 0. The van der Waals surface area contributed by atoms with Gasteiger partial charge in [0.2, 0.25) is 0 Å². The fourth-order valence-corrected chi connectivity index (χ4v) is 2.49. The lowest BCUT2D eigenvalue weighted by atomic mass is 10.1. The smallest absolute Gasteiger partial charge is 0.150 e. The summed E-state index contributed by atoms with van der Waals surface area (Å²) in [5.74, 6) is 1.37. The fourth-order valence-electron chi connectivity index (χ4n) is 2.49. The van der Waals surface area contributed by atoms with E-state index in [2.05, 4.69) is 0 Å². The van der Waals surface area contributed by atoms with Gasteiger partial charge in [0.1, 0.15) is 37.3 Å². The van der Waals surface area contributed by atoms with Gasteiger partial charge in [-0.1, -0.05) is 42.5 Å². The zero-order valence-corrected chi connectivity index (χ0v) is 14.1. The summed E-state index contributed by atoms with van der Waals surface area (Å²) in [4.78, 5) is 21.6.